The van der Waals surface area contributed by atoms with E-state index in [9.17, 15) is 4.79 Å². The SMILES string of the molecule is O=C1NC2CCOC12. The summed E-state index contributed by atoms with van der Waals surface area (Å²) in [6, 6.07) is 0.350. The van der Waals surface area contributed by atoms with Crippen molar-refractivity contribution in [2.45, 2.75) is 18.6 Å². The Labute approximate surface area is 47.0 Å². The zero-order valence-corrected chi connectivity index (χ0v) is 4.39. The van der Waals surface area contributed by atoms with Crippen LogP contribution >= 0.6 is 0 Å². The topological polar surface area (TPSA) is 38.3 Å². The van der Waals surface area contributed by atoms with Gasteiger partial charge < -0.3 is 10.1 Å². The number of nitrogens with one attached hydrogen (secondary N) is 1. The number of carbonyl (C=O) groups is 1. The Morgan fingerprint density at radius 2 is 2.62 bits per heavy atom. The van der Waals surface area contributed by atoms with Gasteiger partial charge in [0, 0.05) is 6.61 Å². The molecule has 2 fully saturated rings. The molecule has 0 aliphatic carbocycles. The van der Waals surface area contributed by atoms with Gasteiger partial charge in [-0.25, -0.2) is 0 Å². The van der Waals surface area contributed by atoms with Crippen LogP contribution in [-0.4, -0.2) is 24.7 Å². The molecule has 3 nitrogen and oxygen atoms in total. The van der Waals surface area contributed by atoms with E-state index in [4.69, 9.17) is 4.74 Å². The van der Waals surface area contributed by atoms with E-state index in [1.165, 1.54) is 0 Å². The number of fused-ring (bicyclic) bond motifs is 1. The normalized spacial score (nSPS) is 42.8. The van der Waals surface area contributed by atoms with Gasteiger partial charge >= 0.3 is 0 Å². The fraction of sp³-hybridized carbons (Fsp3) is 0.800. The van der Waals surface area contributed by atoms with Gasteiger partial charge in [-0.2, -0.15) is 0 Å². The molecule has 2 aliphatic rings. The standard InChI is InChI=1S/C5H7NO2/c7-5-4-3(6-5)1-2-8-4/h3-4H,1-2H2,(H,6,7). The Balaban J connectivity index is 2.11. The number of hydrogen-bond donors (Lipinski definition) is 1. The lowest BCUT2D eigenvalue weighted by molar-refractivity contribution is -0.140. The number of carbonyl (C=O) groups excluding carboxylic acids is 1. The Morgan fingerprint density at radius 3 is 3.12 bits per heavy atom. The number of hydrogen-bond acceptors (Lipinski definition) is 2. The average molecular weight is 113 g/mol. The predicted octanol–water partition coefficient (Wildman–Crippen LogP) is -0.726. The second-order valence-corrected chi connectivity index (χ2v) is 2.20. The minimum absolute atomic E-state index is 0.0625. The number of ether oxygens (including phenoxy) is 1. The zero-order chi connectivity index (χ0) is 5.56. The van der Waals surface area contributed by atoms with Gasteiger partial charge in [-0.15, -0.1) is 0 Å². The number of amides is 1. The Morgan fingerprint density at radius 1 is 1.75 bits per heavy atom. The molecule has 44 valence electrons. The summed E-state index contributed by atoms with van der Waals surface area (Å²) >= 11 is 0. The second-order valence-electron chi connectivity index (χ2n) is 2.20. The minimum Gasteiger partial charge on any atom is -0.366 e. The fourth-order valence-electron chi connectivity index (χ4n) is 1.16. The third kappa shape index (κ3) is 0.351. The molecule has 2 saturated heterocycles. The third-order valence-electron chi connectivity index (χ3n) is 1.68. The molecule has 0 aromatic heterocycles. The van der Waals surface area contributed by atoms with Crippen LogP contribution in [-0.2, 0) is 9.53 Å². The second kappa shape index (κ2) is 1.23. The van der Waals surface area contributed by atoms with Gasteiger partial charge in [0.2, 0.25) is 0 Å². The first kappa shape index (κ1) is 4.32. The van der Waals surface area contributed by atoms with Crippen LogP contribution in [0.25, 0.3) is 0 Å². The molecule has 0 radical (unpaired) electrons. The molecule has 0 spiro atoms. The first-order chi connectivity index (χ1) is 3.88. The van der Waals surface area contributed by atoms with Gasteiger partial charge in [-0.3, -0.25) is 4.79 Å². The van der Waals surface area contributed by atoms with E-state index in [-0.39, 0.29) is 12.0 Å². The third-order valence-corrected chi connectivity index (χ3v) is 1.68. The van der Waals surface area contributed by atoms with E-state index >= 15 is 0 Å². The lowest BCUT2D eigenvalue weighted by Gasteiger charge is -2.28. The molecular weight excluding hydrogens is 106 g/mol. The molecule has 0 aromatic rings. The quantitative estimate of drug-likeness (QED) is 0.421. The van der Waals surface area contributed by atoms with Crippen molar-refractivity contribution >= 4 is 5.91 Å². The molecule has 2 atom stereocenters. The molecule has 0 saturated carbocycles. The highest BCUT2D eigenvalue weighted by atomic mass is 16.5. The maximum absolute atomic E-state index is 10.5. The molecule has 3 heteroatoms. The smallest absolute Gasteiger partial charge is 0.251 e. The lowest BCUT2D eigenvalue weighted by Crippen LogP contribution is -2.59. The van der Waals surface area contributed by atoms with Gasteiger partial charge in [-0.05, 0) is 6.42 Å². The highest BCUT2D eigenvalue weighted by Gasteiger charge is 2.43. The molecule has 8 heavy (non-hydrogen) atoms. The largest absolute Gasteiger partial charge is 0.366 e. The summed E-state index contributed by atoms with van der Waals surface area (Å²) in [6.07, 6.45) is 0.908. The molecule has 2 unspecified atom stereocenters. The van der Waals surface area contributed by atoms with E-state index in [2.05, 4.69) is 5.32 Å². The fourth-order valence-corrected chi connectivity index (χ4v) is 1.16. The van der Waals surface area contributed by atoms with Gasteiger partial charge in [0.1, 0.15) is 0 Å². The molecule has 2 aliphatic heterocycles. The highest BCUT2D eigenvalue weighted by molar-refractivity contribution is 5.88. The van der Waals surface area contributed by atoms with Crippen molar-refractivity contribution in [1.29, 1.82) is 0 Å². The van der Waals surface area contributed by atoms with E-state index in [1.807, 2.05) is 0 Å². The van der Waals surface area contributed by atoms with Gasteiger partial charge in [0.25, 0.3) is 5.91 Å². The maximum Gasteiger partial charge on any atom is 0.251 e. The van der Waals surface area contributed by atoms with Gasteiger partial charge in [0.15, 0.2) is 6.10 Å². The number of β-lactam (4-membered cyclic amide) rings is 1. The van der Waals surface area contributed by atoms with Crippen molar-refractivity contribution in [3.8, 4) is 0 Å². The highest BCUT2D eigenvalue weighted by Crippen LogP contribution is 2.20. The van der Waals surface area contributed by atoms with Gasteiger partial charge in [0.05, 0.1) is 6.04 Å². The first-order valence-corrected chi connectivity index (χ1v) is 2.80. The van der Waals surface area contributed by atoms with Crippen LogP contribution in [0.15, 0.2) is 0 Å². The van der Waals surface area contributed by atoms with Crippen molar-refractivity contribution in [3.05, 3.63) is 0 Å². The molecule has 0 bridgehead atoms. The molecule has 1 amide bonds. The summed E-state index contributed by atoms with van der Waals surface area (Å²) in [5, 5.41) is 2.74. The van der Waals surface area contributed by atoms with Crippen LogP contribution in [0.5, 0.6) is 0 Å². The van der Waals surface area contributed by atoms with Crippen LogP contribution in [0.1, 0.15) is 6.42 Å². The molecule has 1 N–H and O–H groups in total. The molecular formula is C5H7NO2. The predicted molar refractivity (Wildman–Crippen MR) is 26.3 cm³/mol. The Hall–Kier alpha value is -0.570. The van der Waals surface area contributed by atoms with Gasteiger partial charge in [-0.1, -0.05) is 0 Å². The molecule has 2 heterocycles. The lowest BCUT2D eigenvalue weighted by atomic mass is 10.0. The van der Waals surface area contributed by atoms with E-state index in [0.717, 1.165) is 13.0 Å². The summed E-state index contributed by atoms with van der Waals surface area (Å²) in [6.45, 7) is 0.744. The Bertz CT molecular complexity index is 134. The van der Waals surface area contributed by atoms with Crippen LogP contribution in [0.2, 0.25) is 0 Å². The van der Waals surface area contributed by atoms with Crippen molar-refractivity contribution in [3.63, 3.8) is 0 Å². The summed E-state index contributed by atoms with van der Waals surface area (Å²) < 4.78 is 5.05. The Kier molecular flexibility index (Phi) is 0.663. The van der Waals surface area contributed by atoms with Crippen LogP contribution in [0.3, 0.4) is 0 Å². The first-order valence-electron chi connectivity index (χ1n) is 2.80. The summed E-state index contributed by atoms with van der Waals surface area (Å²) in [5.74, 6) is 0.0625. The van der Waals surface area contributed by atoms with Crippen molar-refractivity contribution < 1.29 is 9.53 Å². The van der Waals surface area contributed by atoms with E-state index < -0.39 is 0 Å². The zero-order valence-electron chi connectivity index (χ0n) is 4.39. The number of rotatable bonds is 0. The minimum atomic E-state index is -0.0880. The van der Waals surface area contributed by atoms with Crippen LogP contribution in [0, 0.1) is 0 Å². The van der Waals surface area contributed by atoms with Crippen molar-refractivity contribution in [1.82, 2.24) is 5.32 Å². The van der Waals surface area contributed by atoms with E-state index in [1.54, 1.807) is 0 Å². The summed E-state index contributed by atoms with van der Waals surface area (Å²) in [7, 11) is 0. The van der Waals surface area contributed by atoms with Crippen LogP contribution in [0.4, 0.5) is 0 Å². The molecule has 0 aromatic carbocycles. The monoisotopic (exact) mass is 113 g/mol. The maximum atomic E-state index is 10.5. The van der Waals surface area contributed by atoms with Crippen molar-refractivity contribution in [2.75, 3.05) is 6.61 Å². The van der Waals surface area contributed by atoms with E-state index in [0.29, 0.717) is 6.04 Å². The summed E-state index contributed by atoms with van der Waals surface area (Å²) in [4.78, 5) is 10.5. The van der Waals surface area contributed by atoms with Crippen LogP contribution < -0.4 is 5.32 Å². The average Bonchev–Trinajstić information content (AvgIpc) is 2.09. The summed E-state index contributed by atoms with van der Waals surface area (Å²) in [5.41, 5.74) is 0. The molecule has 2 rings (SSSR count). The van der Waals surface area contributed by atoms with Crippen molar-refractivity contribution in [2.24, 2.45) is 0 Å².